The van der Waals surface area contributed by atoms with Gasteiger partial charge in [-0.1, -0.05) is 58.4 Å². The molecule has 6 heteroatoms. The van der Waals surface area contributed by atoms with Crippen molar-refractivity contribution in [3.05, 3.63) is 100 Å². The molecule has 0 saturated carbocycles. The predicted octanol–water partition coefficient (Wildman–Crippen LogP) is 0.553. The van der Waals surface area contributed by atoms with E-state index in [0.29, 0.717) is 5.56 Å². The highest BCUT2D eigenvalue weighted by Gasteiger charge is 2.08. The number of hydrazone groups is 1. The molecule has 2 aromatic carbocycles. The SMILES string of the molecule is O=C(N/N=C/c1ccc(Br)cc1)c1cc[n+](Cc2ccccc2)cc1.[Cl-]. The van der Waals surface area contributed by atoms with E-state index in [1.165, 1.54) is 5.56 Å². The Balaban J connectivity index is 0.00000243. The van der Waals surface area contributed by atoms with Gasteiger partial charge >= 0.3 is 0 Å². The molecule has 0 fully saturated rings. The van der Waals surface area contributed by atoms with Crippen molar-refractivity contribution in [1.29, 1.82) is 0 Å². The molecule has 0 aliphatic carbocycles. The lowest BCUT2D eigenvalue weighted by atomic mass is 10.2. The second-order valence-electron chi connectivity index (χ2n) is 5.50. The minimum absolute atomic E-state index is 0. The normalized spacial score (nSPS) is 10.3. The zero-order valence-corrected chi connectivity index (χ0v) is 16.2. The summed E-state index contributed by atoms with van der Waals surface area (Å²) in [5.74, 6) is -0.236. The number of halogens is 2. The van der Waals surface area contributed by atoms with E-state index in [-0.39, 0.29) is 18.3 Å². The fourth-order valence-corrected chi connectivity index (χ4v) is 2.55. The van der Waals surface area contributed by atoms with Crippen molar-refractivity contribution in [2.45, 2.75) is 6.54 Å². The predicted molar refractivity (Wildman–Crippen MR) is 101 cm³/mol. The van der Waals surface area contributed by atoms with Gasteiger partial charge in [0.1, 0.15) is 0 Å². The summed E-state index contributed by atoms with van der Waals surface area (Å²) >= 11 is 3.38. The molecule has 26 heavy (non-hydrogen) atoms. The van der Waals surface area contributed by atoms with Crippen LogP contribution in [0.3, 0.4) is 0 Å². The molecular formula is C20H17BrClN3O. The molecule has 4 nitrogen and oxygen atoms in total. The summed E-state index contributed by atoms with van der Waals surface area (Å²) in [7, 11) is 0. The Morgan fingerprint density at radius 3 is 2.31 bits per heavy atom. The van der Waals surface area contributed by atoms with Crippen molar-refractivity contribution in [2.24, 2.45) is 5.10 Å². The third kappa shape index (κ3) is 5.79. The van der Waals surface area contributed by atoms with Crippen molar-refractivity contribution >= 4 is 28.1 Å². The largest absolute Gasteiger partial charge is 1.00 e. The number of hydrogen-bond donors (Lipinski definition) is 1. The molecule has 3 aromatic rings. The standard InChI is InChI=1S/C20H16BrN3O.ClH/c21-19-8-6-16(7-9-19)14-22-23-20(25)18-10-12-24(13-11-18)15-17-4-2-1-3-5-17;/h1-14H,15H2;1H. The molecule has 0 aliphatic heterocycles. The highest BCUT2D eigenvalue weighted by Crippen LogP contribution is 2.09. The smallest absolute Gasteiger partial charge is 0.271 e. The van der Waals surface area contributed by atoms with Crippen molar-refractivity contribution < 1.29 is 21.8 Å². The zero-order chi connectivity index (χ0) is 17.5. The molecule has 3 rings (SSSR count). The lowest BCUT2D eigenvalue weighted by molar-refractivity contribution is -0.688. The highest BCUT2D eigenvalue weighted by molar-refractivity contribution is 9.10. The number of amides is 1. The van der Waals surface area contributed by atoms with Crippen LogP contribution in [0.1, 0.15) is 21.5 Å². The summed E-state index contributed by atoms with van der Waals surface area (Å²) in [5.41, 5.74) is 5.23. The number of benzene rings is 2. The summed E-state index contributed by atoms with van der Waals surface area (Å²) < 4.78 is 3.03. The van der Waals surface area contributed by atoms with Crippen molar-refractivity contribution in [2.75, 3.05) is 0 Å². The Morgan fingerprint density at radius 2 is 1.65 bits per heavy atom. The molecule has 132 valence electrons. The number of carbonyl (C=O) groups excluding carboxylic acids is 1. The summed E-state index contributed by atoms with van der Waals surface area (Å²) in [6, 6.07) is 21.4. The quantitative estimate of drug-likeness (QED) is 0.359. The molecule has 0 atom stereocenters. The van der Waals surface area contributed by atoms with Gasteiger partial charge in [-0.3, -0.25) is 4.79 Å². The monoisotopic (exact) mass is 429 g/mol. The number of carbonyl (C=O) groups is 1. The highest BCUT2D eigenvalue weighted by atomic mass is 79.9. The molecule has 0 saturated heterocycles. The van der Waals surface area contributed by atoms with E-state index in [1.807, 2.05) is 59.4 Å². The minimum atomic E-state index is -0.236. The van der Waals surface area contributed by atoms with Crippen LogP contribution in [0.25, 0.3) is 0 Å². The Kier molecular flexibility index (Phi) is 7.51. The third-order valence-electron chi connectivity index (χ3n) is 3.61. The fraction of sp³-hybridized carbons (Fsp3) is 0.0500. The maximum atomic E-state index is 12.1. The molecule has 0 aliphatic rings. The first-order valence-corrected chi connectivity index (χ1v) is 8.62. The lowest BCUT2D eigenvalue weighted by Gasteiger charge is -2.00. The van der Waals surface area contributed by atoms with E-state index in [4.69, 9.17) is 0 Å². The van der Waals surface area contributed by atoms with Gasteiger partial charge in [0.15, 0.2) is 18.9 Å². The molecule has 0 bridgehead atoms. The van der Waals surface area contributed by atoms with E-state index >= 15 is 0 Å². The van der Waals surface area contributed by atoms with Crippen LogP contribution in [-0.4, -0.2) is 12.1 Å². The zero-order valence-electron chi connectivity index (χ0n) is 13.8. The van der Waals surface area contributed by atoms with E-state index in [1.54, 1.807) is 18.3 Å². The van der Waals surface area contributed by atoms with Gasteiger partial charge in [-0.25, -0.2) is 9.99 Å². The van der Waals surface area contributed by atoms with Gasteiger partial charge < -0.3 is 12.4 Å². The van der Waals surface area contributed by atoms with Crippen LogP contribution in [0.5, 0.6) is 0 Å². The summed E-state index contributed by atoms with van der Waals surface area (Å²) in [6.45, 7) is 0.768. The Morgan fingerprint density at radius 1 is 1.00 bits per heavy atom. The number of aromatic nitrogens is 1. The second kappa shape index (κ2) is 9.85. The molecular weight excluding hydrogens is 414 g/mol. The molecule has 0 radical (unpaired) electrons. The summed E-state index contributed by atoms with van der Waals surface area (Å²) in [4.78, 5) is 12.1. The summed E-state index contributed by atoms with van der Waals surface area (Å²) in [5, 5.41) is 3.99. The third-order valence-corrected chi connectivity index (χ3v) is 4.14. The molecule has 1 aromatic heterocycles. The Hall–Kier alpha value is -2.50. The summed E-state index contributed by atoms with van der Waals surface area (Å²) in [6.07, 6.45) is 5.39. The van der Waals surface area contributed by atoms with Gasteiger partial charge in [-0.15, -0.1) is 0 Å². The van der Waals surface area contributed by atoms with Gasteiger partial charge in [0.05, 0.1) is 11.8 Å². The van der Waals surface area contributed by atoms with Crippen molar-refractivity contribution in [3.8, 4) is 0 Å². The molecule has 1 amide bonds. The average molecular weight is 431 g/mol. The number of rotatable bonds is 5. The van der Waals surface area contributed by atoms with Crippen LogP contribution in [0, 0.1) is 0 Å². The van der Waals surface area contributed by atoms with Crippen LogP contribution in [0.4, 0.5) is 0 Å². The first-order chi connectivity index (χ1) is 12.2. The van der Waals surface area contributed by atoms with Crippen molar-refractivity contribution in [1.82, 2.24) is 5.43 Å². The maximum absolute atomic E-state index is 12.1. The number of pyridine rings is 1. The second-order valence-corrected chi connectivity index (χ2v) is 6.41. The molecule has 1 N–H and O–H groups in total. The van der Waals surface area contributed by atoms with Gasteiger partial charge in [0.2, 0.25) is 0 Å². The van der Waals surface area contributed by atoms with Crippen LogP contribution in [0.15, 0.2) is 88.7 Å². The topological polar surface area (TPSA) is 45.3 Å². The van der Waals surface area contributed by atoms with Gasteiger partial charge in [-0.2, -0.15) is 5.10 Å². The number of nitrogens with zero attached hydrogens (tertiary/aromatic N) is 2. The van der Waals surface area contributed by atoms with Gasteiger partial charge in [0, 0.05) is 22.2 Å². The van der Waals surface area contributed by atoms with Crippen LogP contribution >= 0.6 is 15.9 Å². The van der Waals surface area contributed by atoms with Crippen molar-refractivity contribution in [3.63, 3.8) is 0 Å². The van der Waals surface area contributed by atoms with Crippen LogP contribution < -0.4 is 22.4 Å². The van der Waals surface area contributed by atoms with E-state index in [9.17, 15) is 4.79 Å². The number of nitrogens with one attached hydrogen (secondary N) is 1. The van der Waals surface area contributed by atoms with Gasteiger partial charge in [0.25, 0.3) is 5.91 Å². The van der Waals surface area contributed by atoms with Crippen LogP contribution in [-0.2, 0) is 6.54 Å². The molecule has 1 heterocycles. The lowest BCUT2D eigenvalue weighted by Crippen LogP contribution is -3.00. The maximum Gasteiger partial charge on any atom is 0.271 e. The Labute approximate surface area is 167 Å². The number of hydrogen-bond acceptors (Lipinski definition) is 2. The van der Waals surface area contributed by atoms with E-state index < -0.39 is 0 Å². The molecule has 0 unspecified atom stereocenters. The van der Waals surface area contributed by atoms with E-state index in [2.05, 4.69) is 38.6 Å². The average Bonchev–Trinajstić information content (AvgIpc) is 2.65. The van der Waals surface area contributed by atoms with Gasteiger partial charge in [-0.05, 0) is 17.7 Å². The fourth-order valence-electron chi connectivity index (χ4n) is 2.29. The minimum Gasteiger partial charge on any atom is -1.00 e. The first-order valence-electron chi connectivity index (χ1n) is 7.83. The van der Waals surface area contributed by atoms with Crippen LogP contribution in [0.2, 0.25) is 0 Å². The first kappa shape index (κ1) is 19.8. The van der Waals surface area contributed by atoms with E-state index in [0.717, 1.165) is 16.6 Å². The molecule has 0 spiro atoms. The Bertz CT molecular complexity index is 866.